The molecular formula is C22H38IN5. The summed E-state index contributed by atoms with van der Waals surface area (Å²) in [7, 11) is 2.22. The van der Waals surface area contributed by atoms with E-state index < -0.39 is 0 Å². The van der Waals surface area contributed by atoms with E-state index in [4.69, 9.17) is 4.99 Å². The van der Waals surface area contributed by atoms with Crippen molar-refractivity contribution in [2.45, 2.75) is 51.7 Å². The SMILES string of the molecule is CCNC(=NCC1CCN(C)CC1)NC1CC(C)N(Cc2ccccc2)C1.I. The Morgan fingerprint density at radius 3 is 2.57 bits per heavy atom. The Morgan fingerprint density at radius 2 is 1.89 bits per heavy atom. The summed E-state index contributed by atoms with van der Waals surface area (Å²) in [6, 6.07) is 11.9. The minimum Gasteiger partial charge on any atom is -0.357 e. The number of piperidine rings is 1. The minimum atomic E-state index is 0. The molecule has 0 aromatic heterocycles. The van der Waals surface area contributed by atoms with Crippen LogP contribution in [0.1, 0.15) is 38.7 Å². The first-order valence-corrected chi connectivity index (χ1v) is 10.7. The fraction of sp³-hybridized carbons (Fsp3) is 0.682. The molecule has 0 spiro atoms. The summed E-state index contributed by atoms with van der Waals surface area (Å²) in [4.78, 5) is 9.92. The van der Waals surface area contributed by atoms with E-state index in [1.54, 1.807) is 0 Å². The Kier molecular flexibility index (Phi) is 10.0. The average Bonchev–Trinajstić information content (AvgIpc) is 3.01. The van der Waals surface area contributed by atoms with Crippen molar-refractivity contribution >= 4 is 29.9 Å². The summed E-state index contributed by atoms with van der Waals surface area (Å²) in [6.45, 7) is 10.9. The lowest BCUT2D eigenvalue weighted by Crippen LogP contribution is -2.45. The molecule has 1 aromatic carbocycles. The zero-order valence-electron chi connectivity index (χ0n) is 17.7. The second kappa shape index (κ2) is 12.0. The molecule has 5 nitrogen and oxygen atoms in total. The van der Waals surface area contributed by atoms with Gasteiger partial charge >= 0.3 is 0 Å². The number of hydrogen-bond acceptors (Lipinski definition) is 3. The van der Waals surface area contributed by atoms with E-state index >= 15 is 0 Å². The second-order valence-corrected chi connectivity index (χ2v) is 8.31. The molecule has 3 rings (SSSR count). The van der Waals surface area contributed by atoms with Gasteiger partial charge in [0.05, 0.1) is 0 Å². The van der Waals surface area contributed by atoms with Crippen molar-refractivity contribution in [3.63, 3.8) is 0 Å². The minimum absolute atomic E-state index is 0. The first-order chi connectivity index (χ1) is 13.1. The van der Waals surface area contributed by atoms with Crippen LogP contribution in [0.15, 0.2) is 35.3 Å². The molecular weight excluding hydrogens is 461 g/mol. The van der Waals surface area contributed by atoms with Gasteiger partial charge in [-0.05, 0) is 64.7 Å². The van der Waals surface area contributed by atoms with Gasteiger partial charge in [0, 0.05) is 38.3 Å². The van der Waals surface area contributed by atoms with Crippen LogP contribution < -0.4 is 10.6 Å². The molecule has 2 aliphatic heterocycles. The van der Waals surface area contributed by atoms with Gasteiger partial charge in [-0.3, -0.25) is 9.89 Å². The molecule has 0 radical (unpaired) electrons. The summed E-state index contributed by atoms with van der Waals surface area (Å²) in [5.41, 5.74) is 1.40. The third kappa shape index (κ3) is 7.19. The lowest BCUT2D eigenvalue weighted by molar-refractivity contribution is 0.223. The van der Waals surface area contributed by atoms with Crippen LogP contribution in [0.5, 0.6) is 0 Å². The number of benzene rings is 1. The number of nitrogens with zero attached hydrogens (tertiary/aromatic N) is 3. The van der Waals surface area contributed by atoms with Gasteiger partial charge in [-0.25, -0.2) is 0 Å². The molecule has 0 aliphatic carbocycles. The molecule has 2 heterocycles. The standard InChI is InChI=1S/C22H37N5.HI/c1-4-23-22(24-15-19-10-12-26(3)13-11-19)25-21-14-18(2)27(17-21)16-20-8-6-5-7-9-20;/h5-9,18-19,21H,4,10-17H2,1-3H3,(H2,23,24,25);1H. The van der Waals surface area contributed by atoms with Crippen molar-refractivity contribution in [2.24, 2.45) is 10.9 Å². The summed E-state index contributed by atoms with van der Waals surface area (Å²) < 4.78 is 0. The van der Waals surface area contributed by atoms with Crippen LogP contribution in [0.3, 0.4) is 0 Å². The maximum absolute atomic E-state index is 4.92. The quantitative estimate of drug-likeness (QED) is 0.359. The van der Waals surface area contributed by atoms with E-state index in [-0.39, 0.29) is 24.0 Å². The van der Waals surface area contributed by atoms with Crippen LogP contribution in [0.2, 0.25) is 0 Å². The summed E-state index contributed by atoms with van der Waals surface area (Å²) in [5, 5.41) is 7.15. The molecule has 6 heteroatoms. The zero-order valence-corrected chi connectivity index (χ0v) is 20.1. The van der Waals surface area contributed by atoms with Crippen molar-refractivity contribution in [3.8, 4) is 0 Å². The highest BCUT2D eigenvalue weighted by Crippen LogP contribution is 2.20. The molecule has 1 aromatic rings. The van der Waals surface area contributed by atoms with Crippen molar-refractivity contribution in [3.05, 3.63) is 35.9 Å². The Morgan fingerprint density at radius 1 is 1.18 bits per heavy atom. The normalized spacial score (nSPS) is 24.8. The zero-order chi connectivity index (χ0) is 19.1. The van der Waals surface area contributed by atoms with Crippen LogP contribution in [0, 0.1) is 5.92 Å². The second-order valence-electron chi connectivity index (χ2n) is 8.31. The van der Waals surface area contributed by atoms with Crippen molar-refractivity contribution in [1.29, 1.82) is 0 Å². The van der Waals surface area contributed by atoms with Crippen LogP contribution in [0.25, 0.3) is 0 Å². The van der Waals surface area contributed by atoms with Gasteiger partial charge in [0.2, 0.25) is 0 Å². The van der Waals surface area contributed by atoms with Crippen LogP contribution >= 0.6 is 24.0 Å². The van der Waals surface area contributed by atoms with Gasteiger partial charge in [0.1, 0.15) is 0 Å². The third-order valence-corrected chi connectivity index (χ3v) is 5.96. The topological polar surface area (TPSA) is 42.9 Å². The largest absolute Gasteiger partial charge is 0.357 e. The van der Waals surface area contributed by atoms with Gasteiger partial charge in [0.25, 0.3) is 0 Å². The highest BCUT2D eigenvalue weighted by Gasteiger charge is 2.29. The van der Waals surface area contributed by atoms with E-state index in [0.29, 0.717) is 12.1 Å². The fourth-order valence-electron chi connectivity index (χ4n) is 4.22. The van der Waals surface area contributed by atoms with Gasteiger partial charge in [-0.2, -0.15) is 0 Å². The Bertz CT molecular complexity index is 586. The molecule has 2 aliphatic rings. The number of halogens is 1. The monoisotopic (exact) mass is 499 g/mol. The number of nitrogens with one attached hydrogen (secondary N) is 2. The molecule has 2 N–H and O–H groups in total. The van der Waals surface area contributed by atoms with E-state index in [1.807, 2.05) is 0 Å². The van der Waals surface area contributed by atoms with Crippen molar-refractivity contribution < 1.29 is 0 Å². The molecule has 0 bridgehead atoms. The fourth-order valence-corrected chi connectivity index (χ4v) is 4.22. The van der Waals surface area contributed by atoms with E-state index in [2.05, 4.69) is 71.7 Å². The summed E-state index contributed by atoms with van der Waals surface area (Å²) in [5.74, 6) is 1.73. The molecule has 2 atom stereocenters. The van der Waals surface area contributed by atoms with E-state index in [1.165, 1.54) is 37.9 Å². The summed E-state index contributed by atoms with van der Waals surface area (Å²) >= 11 is 0. The molecule has 28 heavy (non-hydrogen) atoms. The number of aliphatic imine (C=N–C) groups is 1. The predicted molar refractivity (Wildman–Crippen MR) is 129 cm³/mol. The molecule has 2 unspecified atom stereocenters. The highest BCUT2D eigenvalue weighted by molar-refractivity contribution is 14.0. The molecule has 0 amide bonds. The average molecular weight is 499 g/mol. The number of likely N-dealkylation sites (tertiary alicyclic amines) is 2. The Hall–Kier alpha value is -0.860. The Balaban J connectivity index is 0.00000280. The first-order valence-electron chi connectivity index (χ1n) is 10.7. The smallest absolute Gasteiger partial charge is 0.191 e. The molecule has 158 valence electrons. The van der Waals surface area contributed by atoms with Gasteiger partial charge in [-0.15, -0.1) is 24.0 Å². The third-order valence-electron chi connectivity index (χ3n) is 5.96. The van der Waals surface area contributed by atoms with Gasteiger partial charge < -0.3 is 15.5 Å². The van der Waals surface area contributed by atoms with Crippen LogP contribution in [-0.2, 0) is 6.54 Å². The van der Waals surface area contributed by atoms with E-state index in [0.717, 1.165) is 38.1 Å². The van der Waals surface area contributed by atoms with E-state index in [9.17, 15) is 0 Å². The number of hydrogen-bond donors (Lipinski definition) is 2. The van der Waals surface area contributed by atoms with Crippen molar-refractivity contribution in [2.75, 3.05) is 39.8 Å². The maximum Gasteiger partial charge on any atom is 0.191 e. The molecule has 2 saturated heterocycles. The summed E-state index contributed by atoms with van der Waals surface area (Å²) in [6.07, 6.45) is 3.71. The Labute approximate surface area is 188 Å². The van der Waals surface area contributed by atoms with Gasteiger partial charge in [-0.1, -0.05) is 30.3 Å². The van der Waals surface area contributed by atoms with Crippen LogP contribution in [-0.4, -0.2) is 67.6 Å². The first kappa shape index (κ1) is 23.4. The lowest BCUT2D eigenvalue weighted by Gasteiger charge is -2.28. The van der Waals surface area contributed by atoms with Gasteiger partial charge in [0.15, 0.2) is 5.96 Å². The maximum atomic E-state index is 4.92. The molecule has 2 fully saturated rings. The number of rotatable bonds is 6. The lowest BCUT2D eigenvalue weighted by atomic mass is 9.97. The number of guanidine groups is 1. The predicted octanol–water partition coefficient (Wildman–Crippen LogP) is 3.16. The molecule has 0 saturated carbocycles. The van der Waals surface area contributed by atoms with Crippen LogP contribution in [0.4, 0.5) is 0 Å². The van der Waals surface area contributed by atoms with Crippen molar-refractivity contribution in [1.82, 2.24) is 20.4 Å². The highest BCUT2D eigenvalue weighted by atomic mass is 127.